The normalized spacial score (nSPS) is 16.0. The van der Waals surface area contributed by atoms with Gasteiger partial charge in [0, 0.05) is 6.04 Å². The standard InChI is InChI=1S/C14H19NO5S/c16-14(17)9-10-20-12-5-7-13(8-6-12)21(18,19)15-11-3-1-2-4-11/h5-8,11,15H,1-4,9-10H2,(H,16,17). The van der Waals surface area contributed by atoms with Crippen molar-refractivity contribution in [3.63, 3.8) is 0 Å². The number of hydrogen-bond donors (Lipinski definition) is 2. The highest BCUT2D eigenvalue weighted by molar-refractivity contribution is 7.89. The maximum Gasteiger partial charge on any atom is 0.306 e. The van der Waals surface area contributed by atoms with Gasteiger partial charge in [0.1, 0.15) is 5.75 Å². The SMILES string of the molecule is O=C(O)CCOc1ccc(S(=O)(=O)NC2CCCC2)cc1. The molecule has 0 heterocycles. The van der Waals surface area contributed by atoms with Gasteiger partial charge >= 0.3 is 5.97 Å². The summed E-state index contributed by atoms with van der Waals surface area (Å²) < 4.78 is 32.3. The molecular weight excluding hydrogens is 294 g/mol. The topological polar surface area (TPSA) is 92.7 Å². The van der Waals surface area contributed by atoms with E-state index in [1.54, 1.807) is 0 Å². The molecule has 0 amide bonds. The third kappa shape index (κ3) is 4.71. The number of carboxylic acids is 1. The van der Waals surface area contributed by atoms with E-state index in [1.807, 2.05) is 0 Å². The predicted octanol–water partition coefficient (Wildman–Crippen LogP) is 1.76. The van der Waals surface area contributed by atoms with Crippen molar-refractivity contribution in [1.29, 1.82) is 0 Å². The van der Waals surface area contributed by atoms with Crippen LogP contribution < -0.4 is 9.46 Å². The summed E-state index contributed by atoms with van der Waals surface area (Å²) in [6, 6.07) is 6.03. The zero-order valence-corrected chi connectivity index (χ0v) is 12.4. The highest BCUT2D eigenvalue weighted by Crippen LogP contribution is 2.21. The first kappa shape index (κ1) is 15.8. The van der Waals surface area contributed by atoms with Crippen molar-refractivity contribution in [1.82, 2.24) is 4.72 Å². The molecule has 0 unspecified atom stereocenters. The van der Waals surface area contributed by atoms with Gasteiger partial charge in [0.15, 0.2) is 0 Å². The molecule has 0 atom stereocenters. The van der Waals surface area contributed by atoms with Gasteiger partial charge in [-0.2, -0.15) is 0 Å². The fraction of sp³-hybridized carbons (Fsp3) is 0.500. The molecule has 116 valence electrons. The molecule has 1 fully saturated rings. The first-order valence-electron chi connectivity index (χ1n) is 6.94. The summed E-state index contributed by atoms with van der Waals surface area (Å²) in [5, 5.41) is 8.51. The summed E-state index contributed by atoms with van der Waals surface area (Å²) >= 11 is 0. The highest BCUT2D eigenvalue weighted by Gasteiger charge is 2.22. The zero-order valence-electron chi connectivity index (χ0n) is 11.6. The van der Waals surface area contributed by atoms with Gasteiger partial charge in [-0.15, -0.1) is 0 Å². The summed E-state index contributed by atoms with van der Waals surface area (Å²) in [5.74, 6) is -0.481. The fourth-order valence-corrected chi connectivity index (χ4v) is 3.61. The van der Waals surface area contributed by atoms with Crippen LogP contribution in [-0.4, -0.2) is 32.1 Å². The Morgan fingerprint density at radius 3 is 2.43 bits per heavy atom. The smallest absolute Gasteiger partial charge is 0.306 e. The number of rotatable bonds is 7. The monoisotopic (exact) mass is 313 g/mol. The van der Waals surface area contributed by atoms with Crippen LogP contribution in [0.4, 0.5) is 0 Å². The predicted molar refractivity (Wildman–Crippen MR) is 76.8 cm³/mol. The van der Waals surface area contributed by atoms with E-state index in [4.69, 9.17) is 9.84 Å². The second-order valence-electron chi connectivity index (χ2n) is 5.07. The van der Waals surface area contributed by atoms with E-state index < -0.39 is 16.0 Å². The lowest BCUT2D eigenvalue weighted by Crippen LogP contribution is -2.32. The van der Waals surface area contributed by atoms with Gasteiger partial charge in [-0.05, 0) is 37.1 Å². The van der Waals surface area contributed by atoms with Gasteiger partial charge < -0.3 is 9.84 Å². The lowest BCUT2D eigenvalue weighted by Gasteiger charge is -2.13. The second-order valence-corrected chi connectivity index (χ2v) is 6.78. The Kier molecular flexibility index (Phi) is 5.19. The van der Waals surface area contributed by atoms with Crippen LogP contribution in [0.1, 0.15) is 32.1 Å². The first-order chi connectivity index (χ1) is 9.97. The molecule has 0 bridgehead atoms. The molecule has 0 aromatic heterocycles. The van der Waals surface area contributed by atoms with Crippen LogP contribution in [0.2, 0.25) is 0 Å². The van der Waals surface area contributed by atoms with E-state index in [0.29, 0.717) is 5.75 Å². The van der Waals surface area contributed by atoms with E-state index in [9.17, 15) is 13.2 Å². The molecule has 0 aliphatic heterocycles. The lowest BCUT2D eigenvalue weighted by molar-refractivity contribution is -0.137. The first-order valence-corrected chi connectivity index (χ1v) is 8.43. The zero-order chi connectivity index (χ0) is 15.3. The van der Waals surface area contributed by atoms with Crippen molar-refractivity contribution in [2.24, 2.45) is 0 Å². The third-order valence-electron chi connectivity index (χ3n) is 3.40. The number of ether oxygens (including phenoxy) is 1. The molecule has 0 radical (unpaired) electrons. The number of sulfonamides is 1. The van der Waals surface area contributed by atoms with E-state index in [0.717, 1.165) is 25.7 Å². The van der Waals surface area contributed by atoms with Crippen LogP contribution in [0.5, 0.6) is 5.75 Å². The van der Waals surface area contributed by atoms with Gasteiger partial charge in [0.2, 0.25) is 10.0 Å². The number of benzene rings is 1. The summed E-state index contributed by atoms with van der Waals surface area (Å²) in [4.78, 5) is 10.6. The average molecular weight is 313 g/mol. The van der Waals surface area contributed by atoms with Gasteiger partial charge in [-0.3, -0.25) is 4.79 Å². The molecular formula is C14H19NO5S. The second kappa shape index (κ2) is 6.91. The van der Waals surface area contributed by atoms with Crippen LogP contribution in [0.15, 0.2) is 29.2 Å². The quantitative estimate of drug-likeness (QED) is 0.800. The maximum absolute atomic E-state index is 12.2. The number of hydrogen-bond acceptors (Lipinski definition) is 4. The summed E-state index contributed by atoms with van der Waals surface area (Å²) in [6.07, 6.45) is 3.79. The third-order valence-corrected chi connectivity index (χ3v) is 4.93. The molecule has 6 nitrogen and oxygen atoms in total. The molecule has 1 saturated carbocycles. The molecule has 1 aliphatic carbocycles. The Morgan fingerprint density at radius 2 is 1.86 bits per heavy atom. The molecule has 21 heavy (non-hydrogen) atoms. The lowest BCUT2D eigenvalue weighted by atomic mass is 10.3. The van der Waals surface area contributed by atoms with Crippen molar-refractivity contribution >= 4 is 16.0 Å². The van der Waals surface area contributed by atoms with Crippen LogP contribution in [0.3, 0.4) is 0 Å². The van der Waals surface area contributed by atoms with E-state index in [-0.39, 0.29) is 24.0 Å². The fourth-order valence-electron chi connectivity index (χ4n) is 2.30. The van der Waals surface area contributed by atoms with E-state index >= 15 is 0 Å². The van der Waals surface area contributed by atoms with Crippen LogP contribution >= 0.6 is 0 Å². The van der Waals surface area contributed by atoms with Gasteiger partial charge in [-0.25, -0.2) is 13.1 Å². The Morgan fingerprint density at radius 1 is 1.24 bits per heavy atom. The number of aliphatic carboxylic acids is 1. The van der Waals surface area contributed by atoms with Crippen molar-refractivity contribution in [3.8, 4) is 5.75 Å². The van der Waals surface area contributed by atoms with Crippen LogP contribution in [0, 0.1) is 0 Å². The minimum atomic E-state index is -3.49. The Bertz CT molecular complexity index is 576. The van der Waals surface area contributed by atoms with E-state index in [2.05, 4.69) is 4.72 Å². The maximum atomic E-state index is 12.2. The van der Waals surface area contributed by atoms with Crippen LogP contribution in [0.25, 0.3) is 0 Å². The summed E-state index contributed by atoms with van der Waals surface area (Å²) in [6.45, 7) is 0.0573. The minimum Gasteiger partial charge on any atom is -0.493 e. The minimum absolute atomic E-state index is 0.0292. The van der Waals surface area contributed by atoms with Crippen LogP contribution in [-0.2, 0) is 14.8 Å². The molecule has 2 N–H and O–H groups in total. The molecule has 2 rings (SSSR count). The number of carboxylic acid groups (broad SMARTS) is 1. The summed E-state index contributed by atoms with van der Waals surface area (Å²) in [5.41, 5.74) is 0. The Labute approximate surface area is 124 Å². The molecule has 1 aliphatic rings. The highest BCUT2D eigenvalue weighted by atomic mass is 32.2. The number of nitrogens with one attached hydrogen (secondary N) is 1. The molecule has 7 heteroatoms. The average Bonchev–Trinajstić information content (AvgIpc) is 2.91. The molecule has 0 spiro atoms. The largest absolute Gasteiger partial charge is 0.493 e. The van der Waals surface area contributed by atoms with Gasteiger partial charge in [0.05, 0.1) is 17.9 Å². The Balaban J connectivity index is 1.95. The van der Waals surface area contributed by atoms with E-state index in [1.165, 1.54) is 24.3 Å². The molecule has 1 aromatic rings. The van der Waals surface area contributed by atoms with Crippen molar-refractivity contribution in [2.75, 3.05) is 6.61 Å². The van der Waals surface area contributed by atoms with Crippen molar-refractivity contribution < 1.29 is 23.1 Å². The van der Waals surface area contributed by atoms with Crippen molar-refractivity contribution in [3.05, 3.63) is 24.3 Å². The van der Waals surface area contributed by atoms with Gasteiger partial charge in [-0.1, -0.05) is 12.8 Å². The molecule has 0 saturated heterocycles. The van der Waals surface area contributed by atoms with Crippen molar-refractivity contribution in [2.45, 2.75) is 43.0 Å². The van der Waals surface area contributed by atoms with Gasteiger partial charge in [0.25, 0.3) is 0 Å². The summed E-state index contributed by atoms with van der Waals surface area (Å²) in [7, 11) is -3.49. The Hall–Kier alpha value is -1.60. The number of carbonyl (C=O) groups is 1. The molecule has 1 aromatic carbocycles.